The standard InChI is InChI=1S/C21H20N2O.C2H4O2/c1-2-5-16(6-3-1)15-24-19-10-11-20(23-14-19)18-9-8-17-7-4-12-22-21(17)13-18;1-2(3)4/h1-3,5-6,8-11,13-14,22H,4,7,12,15H2;1H3,(H,3,4). The summed E-state index contributed by atoms with van der Waals surface area (Å²) < 4.78 is 5.80. The molecule has 0 radical (unpaired) electrons. The van der Waals surface area contributed by atoms with Crippen molar-refractivity contribution in [2.75, 3.05) is 11.9 Å². The lowest BCUT2D eigenvalue weighted by atomic mass is 10.00. The molecule has 2 aromatic carbocycles. The Morgan fingerprint density at radius 3 is 2.64 bits per heavy atom. The number of benzene rings is 2. The van der Waals surface area contributed by atoms with Crippen molar-refractivity contribution >= 4 is 11.7 Å². The van der Waals surface area contributed by atoms with Crippen molar-refractivity contribution in [1.82, 2.24) is 4.98 Å². The van der Waals surface area contributed by atoms with Gasteiger partial charge < -0.3 is 15.2 Å². The van der Waals surface area contributed by atoms with Crippen LogP contribution >= 0.6 is 0 Å². The van der Waals surface area contributed by atoms with Gasteiger partial charge in [0, 0.05) is 24.7 Å². The van der Waals surface area contributed by atoms with Gasteiger partial charge in [-0.05, 0) is 42.2 Å². The van der Waals surface area contributed by atoms with Gasteiger partial charge in [-0.2, -0.15) is 0 Å². The van der Waals surface area contributed by atoms with E-state index in [0.717, 1.165) is 42.5 Å². The van der Waals surface area contributed by atoms with Gasteiger partial charge in [-0.3, -0.25) is 9.78 Å². The number of fused-ring (bicyclic) bond motifs is 1. The zero-order chi connectivity index (χ0) is 19.8. The van der Waals surface area contributed by atoms with Crippen molar-refractivity contribution in [1.29, 1.82) is 0 Å². The van der Waals surface area contributed by atoms with Crippen molar-refractivity contribution in [3.05, 3.63) is 78.0 Å². The van der Waals surface area contributed by atoms with E-state index in [1.54, 1.807) is 6.20 Å². The van der Waals surface area contributed by atoms with Gasteiger partial charge in [0.2, 0.25) is 0 Å². The molecular weight excluding hydrogens is 352 g/mol. The lowest BCUT2D eigenvalue weighted by Gasteiger charge is -2.18. The molecule has 0 fully saturated rings. The lowest BCUT2D eigenvalue weighted by molar-refractivity contribution is -0.134. The fraction of sp³-hybridized carbons (Fsp3) is 0.217. The molecule has 0 amide bonds. The second kappa shape index (κ2) is 9.55. The quantitative estimate of drug-likeness (QED) is 0.686. The summed E-state index contributed by atoms with van der Waals surface area (Å²) >= 11 is 0. The molecular formula is C23H24N2O3. The smallest absolute Gasteiger partial charge is 0.300 e. The van der Waals surface area contributed by atoms with Crippen LogP contribution in [0.2, 0.25) is 0 Å². The minimum atomic E-state index is -0.833. The average molecular weight is 376 g/mol. The Labute approximate surface area is 165 Å². The highest BCUT2D eigenvalue weighted by Crippen LogP contribution is 2.28. The zero-order valence-corrected chi connectivity index (χ0v) is 15.9. The summed E-state index contributed by atoms with van der Waals surface area (Å²) in [4.78, 5) is 13.6. The molecule has 1 aromatic heterocycles. The molecule has 144 valence electrons. The first-order chi connectivity index (χ1) is 13.6. The Kier molecular flexibility index (Phi) is 6.63. The third kappa shape index (κ3) is 5.58. The Hall–Kier alpha value is -3.34. The van der Waals surface area contributed by atoms with Gasteiger partial charge in [0.05, 0.1) is 11.9 Å². The van der Waals surface area contributed by atoms with E-state index in [0.29, 0.717) is 6.61 Å². The molecule has 3 aromatic rings. The van der Waals surface area contributed by atoms with Crippen LogP contribution in [0.3, 0.4) is 0 Å². The number of ether oxygens (including phenoxy) is 1. The van der Waals surface area contributed by atoms with Crippen molar-refractivity contribution in [2.24, 2.45) is 0 Å². The van der Waals surface area contributed by atoms with Gasteiger partial charge >= 0.3 is 0 Å². The number of aromatic nitrogens is 1. The number of pyridine rings is 1. The summed E-state index contributed by atoms with van der Waals surface area (Å²) in [6, 6.07) is 20.7. The van der Waals surface area contributed by atoms with Gasteiger partial charge in [-0.1, -0.05) is 42.5 Å². The highest BCUT2D eigenvalue weighted by molar-refractivity contribution is 5.68. The highest BCUT2D eigenvalue weighted by Gasteiger charge is 2.10. The fourth-order valence-electron chi connectivity index (χ4n) is 3.00. The molecule has 4 rings (SSSR count). The van der Waals surface area contributed by atoms with E-state index in [1.807, 2.05) is 30.3 Å². The summed E-state index contributed by atoms with van der Waals surface area (Å²) in [5.41, 5.74) is 5.90. The van der Waals surface area contributed by atoms with E-state index < -0.39 is 5.97 Å². The van der Waals surface area contributed by atoms with E-state index in [1.165, 1.54) is 17.7 Å². The van der Waals surface area contributed by atoms with Gasteiger partial charge in [-0.25, -0.2) is 0 Å². The number of rotatable bonds is 4. The van der Waals surface area contributed by atoms with Crippen molar-refractivity contribution in [3.8, 4) is 17.0 Å². The predicted octanol–water partition coefficient (Wildman–Crippen LogP) is 4.78. The summed E-state index contributed by atoms with van der Waals surface area (Å²) in [6.45, 7) is 2.70. The van der Waals surface area contributed by atoms with E-state index in [-0.39, 0.29) is 0 Å². The molecule has 0 unspecified atom stereocenters. The molecule has 0 aliphatic carbocycles. The summed E-state index contributed by atoms with van der Waals surface area (Å²) in [5.74, 6) is -0.0429. The third-order valence-electron chi connectivity index (χ3n) is 4.33. The molecule has 2 N–H and O–H groups in total. The molecule has 5 heteroatoms. The molecule has 0 bridgehead atoms. The number of nitrogens with zero attached hydrogens (tertiary/aromatic N) is 1. The Morgan fingerprint density at radius 2 is 1.93 bits per heavy atom. The molecule has 28 heavy (non-hydrogen) atoms. The number of carboxylic acid groups (broad SMARTS) is 1. The highest BCUT2D eigenvalue weighted by atomic mass is 16.5. The van der Waals surface area contributed by atoms with Crippen LogP contribution in [-0.4, -0.2) is 22.6 Å². The normalized spacial score (nSPS) is 12.0. The van der Waals surface area contributed by atoms with Gasteiger partial charge in [0.15, 0.2) is 0 Å². The monoisotopic (exact) mass is 376 g/mol. The van der Waals surface area contributed by atoms with Crippen LogP contribution in [0.1, 0.15) is 24.5 Å². The number of hydrogen-bond acceptors (Lipinski definition) is 4. The maximum atomic E-state index is 9.00. The second-order valence-electron chi connectivity index (χ2n) is 6.57. The fourth-order valence-corrected chi connectivity index (χ4v) is 3.00. The first kappa shape index (κ1) is 19.4. The predicted molar refractivity (Wildman–Crippen MR) is 111 cm³/mol. The minimum Gasteiger partial charge on any atom is -0.487 e. The maximum absolute atomic E-state index is 9.00. The van der Waals surface area contributed by atoms with Crippen molar-refractivity contribution in [2.45, 2.75) is 26.4 Å². The molecule has 2 heterocycles. The van der Waals surface area contributed by atoms with Crippen LogP contribution in [0.4, 0.5) is 5.69 Å². The van der Waals surface area contributed by atoms with Gasteiger partial charge in [0.1, 0.15) is 12.4 Å². The van der Waals surface area contributed by atoms with Crippen molar-refractivity contribution < 1.29 is 14.6 Å². The Bertz CT molecular complexity index is 905. The zero-order valence-electron chi connectivity index (χ0n) is 15.9. The minimum absolute atomic E-state index is 0.560. The van der Waals surface area contributed by atoms with E-state index >= 15 is 0 Å². The van der Waals surface area contributed by atoms with E-state index in [4.69, 9.17) is 14.6 Å². The summed E-state index contributed by atoms with van der Waals surface area (Å²) in [5, 5.41) is 10.9. The number of anilines is 1. The van der Waals surface area contributed by atoms with Gasteiger partial charge in [-0.15, -0.1) is 0 Å². The lowest BCUT2D eigenvalue weighted by Crippen LogP contribution is -2.11. The number of carbonyl (C=O) groups is 1. The molecule has 0 saturated heterocycles. The first-order valence-electron chi connectivity index (χ1n) is 9.31. The van der Waals surface area contributed by atoms with Gasteiger partial charge in [0.25, 0.3) is 5.97 Å². The molecule has 0 atom stereocenters. The third-order valence-corrected chi connectivity index (χ3v) is 4.33. The molecule has 0 spiro atoms. The van der Waals surface area contributed by atoms with Crippen LogP contribution < -0.4 is 10.1 Å². The molecule has 1 aliphatic rings. The number of aliphatic carboxylic acids is 1. The first-order valence-corrected chi connectivity index (χ1v) is 9.31. The van der Waals surface area contributed by atoms with E-state index in [2.05, 4.69) is 40.6 Å². The molecule has 0 saturated carbocycles. The summed E-state index contributed by atoms with van der Waals surface area (Å²) in [6.07, 6.45) is 4.16. The topological polar surface area (TPSA) is 71.5 Å². The summed E-state index contributed by atoms with van der Waals surface area (Å²) in [7, 11) is 0. The Balaban J connectivity index is 0.000000516. The van der Waals surface area contributed by atoms with E-state index in [9.17, 15) is 0 Å². The van der Waals surface area contributed by atoms with Crippen LogP contribution in [0.5, 0.6) is 5.75 Å². The molecule has 5 nitrogen and oxygen atoms in total. The maximum Gasteiger partial charge on any atom is 0.300 e. The average Bonchev–Trinajstić information content (AvgIpc) is 2.73. The number of nitrogens with one attached hydrogen (secondary N) is 1. The number of hydrogen-bond donors (Lipinski definition) is 2. The number of aryl methyl sites for hydroxylation is 1. The SMILES string of the molecule is CC(=O)O.c1ccc(COc2ccc(-c3ccc4c(c3)NCCC4)nc2)cc1. The van der Waals surface area contributed by atoms with Crippen LogP contribution in [0.25, 0.3) is 11.3 Å². The second-order valence-corrected chi connectivity index (χ2v) is 6.57. The molecule has 1 aliphatic heterocycles. The van der Waals surface area contributed by atoms with Crippen LogP contribution in [-0.2, 0) is 17.8 Å². The largest absolute Gasteiger partial charge is 0.487 e. The van der Waals surface area contributed by atoms with Crippen molar-refractivity contribution in [3.63, 3.8) is 0 Å². The Morgan fingerprint density at radius 1 is 1.14 bits per heavy atom. The van der Waals surface area contributed by atoms with Crippen LogP contribution in [0, 0.1) is 0 Å². The van der Waals surface area contributed by atoms with Crippen LogP contribution in [0.15, 0.2) is 66.9 Å². The number of carboxylic acids is 1.